The van der Waals surface area contributed by atoms with Crippen LogP contribution in [0.4, 0.5) is 11.4 Å². The van der Waals surface area contributed by atoms with Crippen LogP contribution < -0.4 is 5.32 Å². The molecule has 0 fully saturated rings. The number of carboxylic acid groups (broad SMARTS) is 1. The molecule has 18 heavy (non-hydrogen) atoms. The summed E-state index contributed by atoms with van der Waals surface area (Å²) in [4.78, 5) is 11.1. The van der Waals surface area contributed by atoms with E-state index in [1.807, 2.05) is 24.3 Å². The highest BCUT2D eigenvalue weighted by Gasteiger charge is 2.10. The predicted molar refractivity (Wildman–Crippen MR) is 75.8 cm³/mol. The topological polar surface area (TPSA) is 49.3 Å². The molecule has 0 aliphatic heterocycles. The Kier molecular flexibility index (Phi) is 3.89. The average molecular weight is 327 g/mol. The number of halogens is 2. The number of hydrogen-bond acceptors (Lipinski definition) is 2. The molecule has 0 saturated heterocycles. The molecule has 3 nitrogen and oxygen atoms in total. The molecule has 0 amide bonds. The minimum absolute atomic E-state index is 0.183. The third-order valence-corrected chi connectivity index (χ3v) is 3.10. The molecule has 5 heteroatoms. The third-order valence-electron chi connectivity index (χ3n) is 2.34. The lowest BCUT2D eigenvalue weighted by atomic mass is 10.1. The van der Waals surface area contributed by atoms with E-state index in [9.17, 15) is 4.79 Å². The van der Waals surface area contributed by atoms with Crippen molar-refractivity contribution in [2.75, 3.05) is 5.32 Å². The normalized spacial score (nSPS) is 10.1. The van der Waals surface area contributed by atoms with Gasteiger partial charge in [-0.05, 0) is 42.5 Å². The van der Waals surface area contributed by atoms with Crippen LogP contribution in [0.3, 0.4) is 0 Å². The molecule has 0 aromatic heterocycles. The molecule has 0 heterocycles. The molecule has 2 N–H and O–H groups in total. The monoisotopic (exact) mass is 325 g/mol. The quantitative estimate of drug-likeness (QED) is 0.870. The van der Waals surface area contributed by atoms with Gasteiger partial charge in [0, 0.05) is 15.2 Å². The molecule has 2 aromatic carbocycles. The van der Waals surface area contributed by atoms with E-state index >= 15 is 0 Å². The largest absolute Gasteiger partial charge is 0.478 e. The van der Waals surface area contributed by atoms with Crippen molar-refractivity contribution in [2.45, 2.75) is 0 Å². The Morgan fingerprint density at radius 1 is 1.17 bits per heavy atom. The Morgan fingerprint density at radius 2 is 1.83 bits per heavy atom. The van der Waals surface area contributed by atoms with Crippen molar-refractivity contribution in [1.29, 1.82) is 0 Å². The lowest BCUT2D eigenvalue weighted by Gasteiger charge is -2.10. The van der Waals surface area contributed by atoms with E-state index in [-0.39, 0.29) is 5.56 Å². The predicted octanol–water partition coefficient (Wildman–Crippen LogP) is 4.54. The Labute approximate surface area is 118 Å². The maximum absolute atomic E-state index is 11.1. The Hall–Kier alpha value is -1.52. The van der Waals surface area contributed by atoms with Gasteiger partial charge in [0.2, 0.25) is 0 Å². The molecule has 2 rings (SSSR count). The van der Waals surface area contributed by atoms with Crippen LogP contribution in [0, 0.1) is 0 Å². The number of hydrogen-bond donors (Lipinski definition) is 2. The summed E-state index contributed by atoms with van der Waals surface area (Å²) < 4.78 is 0.956. The van der Waals surface area contributed by atoms with Crippen LogP contribution in [-0.4, -0.2) is 11.1 Å². The number of rotatable bonds is 3. The first-order valence-corrected chi connectivity index (χ1v) is 6.29. The van der Waals surface area contributed by atoms with Gasteiger partial charge in [0.05, 0.1) is 11.3 Å². The summed E-state index contributed by atoms with van der Waals surface area (Å²) in [7, 11) is 0. The second-order valence-electron chi connectivity index (χ2n) is 3.63. The second kappa shape index (κ2) is 5.42. The number of aromatic carboxylic acids is 1. The van der Waals surface area contributed by atoms with E-state index in [4.69, 9.17) is 16.7 Å². The molecule has 92 valence electrons. The van der Waals surface area contributed by atoms with E-state index in [0.29, 0.717) is 10.7 Å². The Balaban J connectivity index is 2.35. The van der Waals surface area contributed by atoms with Crippen molar-refractivity contribution in [3.05, 3.63) is 57.5 Å². The molecule has 0 bridgehead atoms. The summed E-state index contributed by atoms with van der Waals surface area (Å²) in [5.74, 6) is -0.994. The Bertz CT molecular complexity index is 584. The van der Waals surface area contributed by atoms with Crippen LogP contribution in [0.5, 0.6) is 0 Å². The highest BCUT2D eigenvalue weighted by Crippen LogP contribution is 2.25. The first kappa shape index (κ1) is 12.9. The van der Waals surface area contributed by atoms with E-state index in [1.54, 1.807) is 12.1 Å². The summed E-state index contributed by atoms with van der Waals surface area (Å²) in [6, 6.07) is 12.0. The van der Waals surface area contributed by atoms with E-state index in [0.717, 1.165) is 10.2 Å². The second-order valence-corrected chi connectivity index (χ2v) is 4.98. The minimum Gasteiger partial charge on any atom is -0.478 e. The fourth-order valence-corrected chi connectivity index (χ4v) is 1.93. The van der Waals surface area contributed by atoms with Crippen LogP contribution in [-0.2, 0) is 0 Å². The maximum Gasteiger partial charge on any atom is 0.337 e. The smallest absolute Gasteiger partial charge is 0.337 e. The number of carboxylic acids is 1. The van der Waals surface area contributed by atoms with Crippen LogP contribution in [0.1, 0.15) is 10.4 Å². The van der Waals surface area contributed by atoms with Gasteiger partial charge in [0.1, 0.15) is 0 Å². The first-order valence-electron chi connectivity index (χ1n) is 5.12. The van der Waals surface area contributed by atoms with Gasteiger partial charge in [-0.2, -0.15) is 0 Å². The van der Waals surface area contributed by atoms with Crippen LogP contribution in [0.2, 0.25) is 5.02 Å². The van der Waals surface area contributed by atoms with Gasteiger partial charge >= 0.3 is 5.97 Å². The molecule has 0 aliphatic carbocycles. The zero-order valence-electron chi connectivity index (χ0n) is 9.15. The number of benzene rings is 2. The highest BCUT2D eigenvalue weighted by atomic mass is 79.9. The molecular weight excluding hydrogens is 318 g/mol. The standard InChI is InChI=1S/C13H9BrClNO2/c14-8-1-4-10(5-2-8)16-12-7-9(15)3-6-11(12)13(17)18/h1-7,16H,(H,17,18). The van der Waals surface area contributed by atoms with Gasteiger partial charge in [0.25, 0.3) is 0 Å². The van der Waals surface area contributed by atoms with E-state index in [2.05, 4.69) is 21.2 Å². The molecule has 0 spiro atoms. The lowest BCUT2D eigenvalue weighted by Crippen LogP contribution is -2.02. The fourth-order valence-electron chi connectivity index (χ4n) is 1.50. The molecular formula is C13H9BrClNO2. The number of anilines is 2. The Morgan fingerprint density at radius 3 is 2.44 bits per heavy atom. The van der Waals surface area contributed by atoms with Crippen LogP contribution >= 0.6 is 27.5 Å². The number of carbonyl (C=O) groups is 1. The average Bonchev–Trinajstić information content (AvgIpc) is 2.32. The van der Waals surface area contributed by atoms with Crippen molar-refractivity contribution in [3.8, 4) is 0 Å². The first-order chi connectivity index (χ1) is 8.56. The molecule has 0 saturated carbocycles. The lowest BCUT2D eigenvalue weighted by molar-refractivity contribution is 0.0698. The van der Waals surface area contributed by atoms with E-state index in [1.165, 1.54) is 6.07 Å². The maximum atomic E-state index is 11.1. The molecule has 2 aromatic rings. The van der Waals surface area contributed by atoms with Gasteiger partial charge in [-0.3, -0.25) is 0 Å². The summed E-state index contributed by atoms with van der Waals surface area (Å²) in [5, 5.41) is 12.6. The van der Waals surface area contributed by atoms with Crippen molar-refractivity contribution in [1.82, 2.24) is 0 Å². The summed E-state index contributed by atoms with van der Waals surface area (Å²) >= 11 is 9.21. The number of nitrogens with one attached hydrogen (secondary N) is 1. The molecule has 0 unspecified atom stereocenters. The van der Waals surface area contributed by atoms with Gasteiger partial charge in [-0.1, -0.05) is 27.5 Å². The van der Waals surface area contributed by atoms with E-state index < -0.39 is 5.97 Å². The van der Waals surface area contributed by atoms with Crippen molar-refractivity contribution in [2.24, 2.45) is 0 Å². The SMILES string of the molecule is O=C(O)c1ccc(Cl)cc1Nc1ccc(Br)cc1. The van der Waals surface area contributed by atoms with Gasteiger partial charge < -0.3 is 10.4 Å². The van der Waals surface area contributed by atoms with Crippen LogP contribution in [0.25, 0.3) is 0 Å². The summed E-state index contributed by atoms with van der Waals surface area (Å²) in [5.41, 5.74) is 1.45. The van der Waals surface area contributed by atoms with Gasteiger partial charge in [0.15, 0.2) is 0 Å². The fraction of sp³-hybridized carbons (Fsp3) is 0. The third kappa shape index (κ3) is 3.03. The highest BCUT2D eigenvalue weighted by molar-refractivity contribution is 9.10. The zero-order chi connectivity index (χ0) is 13.1. The summed E-state index contributed by atoms with van der Waals surface area (Å²) in [6.45, 7) is 0. The molecule has 0 atom stereocenters. The van der Waals surface area contributed by atoms with Crippen molar-refractivity contribution in [3.63, 3.8) is 0 Å². The van der Waals surface area contributed by atoms with Crippen molar-refractivity contribution >= 4 is 44.9 Å². The van der Waals surface area contributed by atoms with Gasteiger partial charge in [-0.25, -0.2) is 4.79 Å². The molecule has 0 aliphatic rings. The minimum atomic E-state index is -0.994. The van der Waals surface area contributed by atoms with Gasteiger partial charge in [-0.15, -0.1) is 0 Å². The molecule has 0 radical (unpaired) electrons. The zero-order valence-corrected chi connectivity index (χ0v) is 11.5. The summed E-state index contributed by atoms with van der Waals surface area (Å²) in [6.07, 6.45) is 0. The van der Waals surface area contributed by atoms with Crippen molar-refractivity contribution < 1.29 is 9.90 Å². The van der Waals surface area contributed by atoms with Crippen LogP contribution in [0.15, 0.2) is 46.9 Å².